The number of amides is 1. The lowest BCUT2D eigenvalue weighted by molar-refractivity contribution is -0.890. The molecule has 2 heterocycles. The average molecular weight is 534 g/mol. The second-order valence-electron chi connectivity index (χ2n) is 9.48. The zero-order valence-electron chi connectivity index (χ0n) is 19.4. The molecule has 1 saturated heterocycles. The van der Waals surface area contributed by atoms with Gasteiger partial charge in [0.1, 0.15) is 19.2 Å². The molecule has 1 aliphatic heterocycles. The van der Waals surface area contributed by atoms with Crippen LogP contribution in [0.15, 0.2) is 43.0 Å². The first-order valence-electron chi connectivity index (χ1n) is 11.6. The maximum absolute atomic E-state index is 13.4. The van der Waals surface area contributed by atoms with Gasteiger partial charge in [-0.2, -0.15) is 0 Å². The number of benzene rings is 1. The summed E-state index contributed by atoms with van der Waals surface area (Å²) >= 11 is 0. The summed E-state index contributed by atoms with van der Waals surface area (Å²) in [5, 5.41) is 14.4. The number of aliphatic hydroxyl groups is 1. The van der Waals surface area contributed by atoms with Crippen LogP contribution in [0.1, 0.15) is 44.1 Å². The van der Waals surface area contributed by atoms with Crippen LogP contribution in [0.25, 0.3) is 0 Å². The van der Waals surface area contributed by atoms with Gasteiger partial charge in [-0.15, -0.1) is 0 Å². The molecule has 2 aromatic rings. The molecule has 1 aliphatic carbocycles. The summed E-state index contributed by atoms with van der Waals surface area (Å²) in [5.41, 5.74) is -1.06. The topological polar surface area (TPSA) is 114 Å². The van der Waals surface area contributed by atoms with Gasteiger partial charge < -0.3 is 31.3 Å². The van der Waals surface area contributed by atoms with E-state index in [0.717, 1.165) is 32.1 Å². The van der Waals surface area contributed by atoms with Crippen molar-refractivity contribution in [2.24, 2.45) is 5.92 Å². The van der Waals surface area contributed by atoms with E-state index in [1.54, 1.807) is 12.1 Å². The Labute approximate surface area is 210 Å². The highest BCUT2D eigenvalue weighted by Gasteiger charge is 2.49. The fraction of sp³-hybridized carbons (Fsp3) is 0.542. The van der Waals surface area contributed by atoms with E-state index >= 15 is 0 Å². The van der Waals surface area contributed by atoms with Gasteiger partial charge in [-0.3, -0.25) is 10.1 Å². The SMILES string of the molecule is C[N+]1(CC(=O)Nc2ncncn2)CC[C@@H](OC(=O)C(O)(c2ccccc2)C2CCCCC2)C1.[Br-]. The lowest BCUT2D eigenvalue weighted by Crippen LogP contribution is -3.00. The zero-order chi connectivity index (χ0) is 23.3. The van der Waals surface area contributed by atoms with E-state index in [-0.39, 0.29) is 47.4 Å². The van der Waals surface area contributed by atoms with Crippen LogP contribution in [0.5, 0.6) is 0 Å². The van der Waals surface area contributed by atoms with Gasteiger partial charge in [0.05, 0.1) is 13.6 Å². The second-order valence-corrected chi connectivity index (χ2v) is 9.48. The van der Waals surface area contributed by atoms with Crippen LogP contribution in [0.4, 0.5) is 5.95 Å². The quantitative estimate of drug-likeness (QED) is 0.348. The number of esters is 1. The van der Waals surface area contributed by atoms with Crippen molar-refractivity contribution in [2.75, 3.05) is 32.0 Å². The first kappa shape index (κ1) is 26.2. The fourth-order valence-electron chi connectivity index (χ4n) is 5.16. The summed E-state index contributed by atoms with van der Waals surface area (Å²) in [6.45, 7) is 1.41. The Morgan fingerprint density at radius 3 is 2.47 bits per heavy atom. The van der Waals surface area contributed by atoms with Crippen LogP contribution in [-0.2, 0) is 19.9 Å². The number of rotatable bonds is 7. The summed E-state index contributed by atoms with van der Waals surface area (Å²) in [4.78, 5) is 37.5. The Balaban J connectivity index is 0.00000324. The predicted molar refractivity (Wildman–Crippen MR) is 121 cm³/mol. The van der Waals surface area contributed by atoms with Gasteiger partial charge in [0.2, 0.25) is 5.95 Å². The zero-order valence-corrected chi connectivity index (χ0v) is 21.0. The van der Waals surface area contributed by atoms with Gasteiger partial charge in [0.25, 0.3) is 5.91 Å². The molecule has 2 unspecified atom stereocenters. The lowest BCUT2D eigenvalue weighted by atomic mass is 9.73. The van der Waals surface area contributed by atoms with Crippen molar-refractivity contribution in [3.63, 3.8) is 0 Å². The third kappa shape index (κ3) is 5.97. The Bertz CT molecular complexity index is 960. The number of quaternary nitrogens is 1. The third-order valence-electron chi connectivity index (χ3n) is 6.90. The van der Waals surface area contributed by atoms with E-state index in [9.17, 15) is 14.7 Å². The van der Waals surface area contributed by atoms with Crippen molar-refractivity contribution >= 4 is 17.8 Å². The Kier molecular flexibility index (Phi) is 8.72. The fourth-order valence-corrected chi connectivity index (χ4v) is 5.16. The molecule has 1 aromatic heterocycles. The molecule has 2 aliphatic rings. The highest BCUT2D eigenvalue weighted by Crippen LogP contribution is 2.41. The van der Waals surface area contributed by atoms with Crippen LogP contribution in [-0.4, -0.2) is 69.2 Å². The van der Waals surface area contributed by atoms with Crippen LogP contribution in [0.2, 0.25) is 0 Å². The van der Waals surface area contributed by atoms with Crippen LogP contribution in [0, 0.1) is 5.92 Å². The maximum Gasteiger partial charge on any atom is 0.343 e. The molecular weight excluding hydrogens is 502 g/mol. The summed E-state index contributed by atoms with van der Waals surface area (Å²) < 4.78 is 6.34. The molecule has 9 nitrogen and oxygen atoms in total. The van der Waals surface area contributed by atoms with E-state index in [0.29, 0.717) is 29.6 Å². The molecule has 34 heavy (non-hydrogen) atoms. The van der Waals surface area contributed by atoms with Crippen molar-refractivity contribution < 1.29 is 40.9 Å². The molecule has 0 radical (unpaired) electrons. The number of halogens is 1. The molecule has 4 rings (SSSR count). The highest BCUT2D eigenvalue weighted by atomic mass is 79.9. The molecular formula is C24H32BrN5O4. The molecule has 2 fully saturated rings. The maximum atomic E-state index is 13.4. The molecule has 1 amide bonds. The van der Waals surface area contributed by atoms with E-state index in [1.165, 1.54) is 12.7 Å². The molecule has 0 bridgehead atoms. The van der Waals surface area contributed by atoms with Crippen molar-refractivity contribution in [1.29, 1.82) is 0 Å². The lowest BCUT2D eigenvalue weighted by Gasteiger charge is -2.37. The number of hydrogen-bond donors (Lipinski definition) is 2. The number of likely N-dealkylation sites (N-methyl/N-ethyl adjacent to an activating group) is 1. The minimum Gasteiger partial charge on any atom is -1.00 e. The second kappa shape index (κ2) is 11.3. The van der Waals surface area contributed by atoms with E-state index in [1.807, 2.05) is 25.2 Å². The number of aromatic nitrogens is 3. The number of nitrogens with zero attached hydrogens (tertiary/aromatic N) is 4. The standard InChI is InChI=1S/C24H31N5O4.BrH/c1-29(15-21(30)28-23-26-16-25-17-27-23)13-12-20(14-29)33-22(31)24(32,18-8-4-2-5-9-18)19-10-6-3-7-11-19;/h2,4-5,8-9,16-17,19-20,32H,3,6-7,10-15H2,1H3;1H/t20-,24?,29?;/m1./s1. The normalized spacial score (nSPS) is 24.5. The van der Waals surface area contributed by atoms with Crippen molar-refractivity contribution in [3.8, 4) is 0 Å². The number of ether oxygens (including phenoxy) is 1. The van der Waals surface area contributed by atoms with Crippen LogP contribution < -0.4 is 22.3 Å². The molecule has 10 heteroatoms. The summed E-state index contributed by atoms with van der Waals surface area (Å²) in [5.74, 6) is -0.730. The Hall–Kier alpha value is -2.43. The number of anilines is 1. The molecule has 1 aromatic carbocycles. The van der Waals surface area contributed by atoms with Gasteiger partial charge in [-0.05, 0) is 18.4 Å². The Morgan fingerprint density at radius 1 is 1.12 bits per heavy atom. The van der Waals surface area contributed by atoms with Gasteiger partial charge in [-0.1, -0.05) is 49.6 Å². The smallest absolute Gasteiger partial charge is 0.343 e. The first-order chi connectivity index (χ1) is 15.9. The highest BCUT2D eigenvalue weighted by molar-refractivity contribution is 5.89. The molecule has 3 atom stereocenters. The number of nitrogens with one attached hydrogen (secondary N) is 1. The molecule has 2 N–H and O–H groups in total. The van der Waals surface area contributed by atoms with Gasteiger partial charge >= 0.3 is 5.97 Å². The third-order valence-corrected chi connectivity index (χ3v) is 6.90. The van der Waals surface area contributed by atoms with Crippen molar-refractivity contribution in [1.82, 2.24) is 15.0 Å². The predicted octanol–water partition coefficient (Wildman–Crippen LogP) is -0.956. The molecule has 0 spiro atoms. The molecule has 1 saturated carbocycles. The Morgan fingerprint density at radius 2 is 1.79 bits per heavy atom. The number of likely N-dealkylation sites (tertiary alicyclic amines) is 1. The summed E-state index contributed by atoms with van der Waals surface area (Å²) in [6, 6.07) is 9.15. The largest absolute Gasteiger partial charge is 1.00 e. The molecule has 184 valence electrons. The number of hydrogen-bond acceptors (Lipinski definition) is 7. The average Bonchev–Trinajstić information content (AvgIpc) is 3.19. The van der Waals surface area contributed by atoms with Gasteiger partial charge in [-0.25, -0.2) is 19.7 Å². The number of carbonyl (C=O) groups is 2. The monoisotopic (exact) mass is 533 g/mol. The van der Waals surface area contributed by atoms with Crippen LogP contribution >= 0.6 is 0 Å². The van der Waals surface area contributed by atoms with E-state index in [2.05, 4.69) is 20.3 Å². The van der Waals surface area contributed by atoms with Crippen molar-refractivity contribution in [2.45, 2.75) is 50.2 Å². The minimum absolute atomic E-state index is 0. The van der Waals surface area contributed by atoms with Crippen molar-refractivity contribution in [3.05, 3.63) is 48.5 Å². The number of carbonyl (C=O) groups excluding carboxylic acids is 2. The van der Waals surface area contributed by atoms with Gasteiger partial charge in [0, 0.05) is 12.3 Å². The van der Waals surface area contributed by atoms with Gasteiger partial charge in [0.15, 0.2) is 18.2 Å². The first-order valence-corrected chi connectivity index (χ1v) is 11.6. The van der Waals surface area contributed by atoms with E-state index < -0.39 is 11.6 Å². The minimum atomic E-state index is -1.65. The summed E-state index contributed by atoms with van der Waals surface area (Å²) in [6.07, 6.45) is 7.66. The summed E-state index contributed by atoms with van der Waals surface area (Å²) in [7, 11) is 1.96. The van der Waals surface area contributed by atoms with E-state index in [4.69, 9.17) is 4.74 Å². The van der Waals surface area contributed by atoms with Crippen LogP contribution in [0.3, 0.4) is 0 Å².